The minimum atomic E-state index is 0.00801. The first-order chi connectivity index (χ1) is 10.2. The third-order valence-electron chi connectivity index (χ3n) is 4.15. The summed E-state index contributed by atoms with van der Waals surface area (Å²) in [5.74, 6) is 0. The maximum atomic E-state index is 11.7. The Morgan fingerprint density at radius 3 is 2.19 bits per heavy atom. The second-order valence-electron chi connectivity index (χ2n) is 6.07. The van der Waals surface area contributed by atoms with Gasteiger partial charge in [0.1, 0.15) is 0 Å². The van der Waals surface area contributed by atoms with Crippen molar-refractivity contribution in [2.24, 2.45) is 0 Å². The number of likely N-dealkylation sites (tertiary alicyclic amines) is 1. The van der Waals surface area contributed by atoms with Crippen molar-refractivity contribution in [1.29, 1.82) is 0 Å². The van der Waals surface area contributed by atoms with E-state index in [9.17, 15) is 4.79 Å². The molecule has 2 aliphatic rings. The fourth-order valence-electron chi connectivity index (χ4n) is 2.72. The standard InChI is InChI=1S/C16H22ClN3O/c17-13-3-1-12(2-4-13)11-20-9-7-15(8-10-20)19-16(21)18-14-5-6-14/h1-4,14-15H,5-11H2,(H2,18,19,21). The van der Waals surface area contributed by atoms with E-state index in [1.165, 1.54) is 5.56 Å². The minimum absolute atomic E-state index is 0.00801. The van der Waals surface area contributed by atoms with Crippen LogP contribution in [-0.4, -0.2) is 36.1 Å². The van der Waals surface area contributed by atoms with Crippen LogP contribution in [0.3, 0.4) is 0 Å². The van der Waals surface area contributed by atoms with E-state index in [2.05, 4.69) is 27.7 Å². The molecule has 0 bridgehead atoms. The van der Waals surface area contributed by atoms with Gasteiger partial charge in [-0.15, -0.1) is 0 Å². The van der Waals surface area contributed by atoms with Crippen molar-refractivity contribution in [3.63, 3.8) is 0 Å². The van der Waals surface area contributed by atoms with Crippen LogP contribution >= 0.6 is 11.6 Å². The van der Waals surface area contributed by atoms with Crippen molar-refractivity contribution in [3.8, 4) is 0 Å². The summed E-state index contributed by atoms with van der Waals surface area (Å²) in [4.78, 5) is 14.1. The first kappa shape index (κ1) is 14.7. The molecule has 0 atom stereocenters. The maximum absolute atomic E-state index is 11.7. The van der Waals surface area contributed by atoms with Gasteiger partial charge in [-0.3, -0.25) is 4.90 Å². The van der Waals surface area contributed by atoms with Gasteiger partial charge in [-0.1, -0.05) is 23.7 Å². The van der Waals surface area contributed by atoms with Crippen LogP contribution in [0.2, 0.25) is 5.02 Å². The third kappa shape index (κ3) is 4.61. The minimum Gasteiger partial charge on any atom is -0.335 e. The lowest BCUT2D eigenvalue weighted by Gasteiger charge is -2.32. The number of carbonyl (C=O) groups is 1. The van der Waals surface area contributed by atoms with Gasteiger partial charge in [0.2, 0.25) is 0 Å². The second kappa shape index (κ2) is 6.67. The molecule has 1 saturated carbocycles. The highest BCUT2D eigenvalue weighted by atomic mass is 35.5. The Labute approximate surface area is 130 Å². The highest BCUT2D eigenvalue weighted by Gasteiger charge is 2.25. The number of hydrogen-bond acceptors (Lipinski definition) is 2. The molecule has 3 rings (SSSR count). The van der Waals surface area contributed by atoms with Crippen molar-refractivity contribution >= 4 is 17.6 Å². The normalized spacial score (nSPS) is 20.2. The van der Waals surface area contributed by atoms with Crippen molar-refractivity contribution in [3.05, 3.63) is 34.9 Å². The van der Waals surface area contributed by atoms with E-state index < -0.39 is 0 Å². The Kier molecular flexibility index (Phi) is 4.66. The SMILES string of the molecule is O=C(NC1CC1)NC1CCN(Cc2ccc(Cl)cc2)CC1. The largest absolute Gasteiger partial charge is 0.335 e. The summed E-state index contributed by atoms with van der Waals surface area (Å²) in [6.07, 6.45) is 4.30. The molecular formula is C16H22ClN3O. The summed E-state index contributed by atoms with van der Waals surface area (Å²) in [6.45, 7) is 3.01. The second-order valence-corrected chi connectivity index (χ2v) is 6.51. The lowest BCUT2D eigenvalue weighted by molar-refractivity contribution is 0.186. The fraction of sp³-hybridized carbons (Fsp3) is 0.562. The quantitative estimate of drug-likeness (QED) is 0.898. The monoisotopic (exact) mass is 307 g/mol. The lowest BCUT2D eigenvalue weighted by atomic mass is 10.0. The number of halogens is 1. The molecule has 114 valence electrons. The van der Waals surface area contributed by atoms with E-state index in [1.807, 2.05) is 12.1 Å². The smallest absolute Gasteiger partial charge is 0.315 e. The zero-order chi connectivity index (χ0) is 14.7. The van der Waals surface area contributed by atoms with Gasteiger partial charge in [0.05, 0.1) is 0 Å². The van der Waals surface area contributed by atoms with Gasteiger partial charge in [-0.2, -0.15) is 0 Å². The Morgan fingerprint density at radius 1 is 1.05 bits per heavy atom. The average Bonchev–Trinajstić information content (AvgIpc) is 3.27. The zero-order valence-electron chi connectivity index (χ0n) is 12.1. The molecule has 5 heteroatoms. The van der Waals surface area contributed by atoms with E-state index in [0.717, 1.165) is 50.3 Å². The molecule has 1 heterocycles. The van der Waals surface area contributed by atoms with Gasteiger partial charge in [0, 0.05) is 36.7 Å². The molecule has 1 saturated heterocycles. The molecule has 1 aliphatic carbocycles. The molecule has 1 aromatic rings. The molecule has 21 heavy (non-hydrogen) atoms. The lowest BCUT2D eigenvalue weighted by Crippen LogP contribution is -2.48. The highest BCUT2D eigenvalue weighted by molar-refractivity contribution is 6.30. The highest BCUT2D eigenvalue weighted by Crippen LogP contribution is 2.19. The van der Waals surface area contributed by atoms with Crippen molar-refractivity contribution in [2.45, 2.75) is 44.3 Å². The Bertz CT molecular complexity index is 479. The molecular weight excluding hydrogens is 286 g/mol. The van der Waals surface area contributed by atoms with Crippen molar-refractivity contribution < 1.29 is 4.79 Å². The Morgan fingerprint density at radius 2 is 1.62 bits per heavy atom. The molecule has 4 nitrogen and oxygen atoms in total. The summed E-state index contributed by atoms with van der Waals surface area (Å²) in [5, 5.41) is 6.85. The number of hydrogen-bond donors (Lipinski definition) is 2. The molecule has 0 spiro atoms. The Hall–Kier alpha value is -1.26. The predicted molar refractivity (Wildman–Crippen MR) is 84.4 cm³/mol. The van der Waals surface area contributed by atoms with E-state index >= 15 is 0 Å². The summed E-state index contributed by atoms with van der Waals surface area (Å²) in [6, 6.07) is 8.78. The third-order valence-corrected chi connectivity index (χ3v) is 4.41. The predicted octanol–water partition coefficient (Wildman–Crippen LogP) is 2.77. The van der Waals surface area contributed by atoms with E-state index in [4.69, 9.17) is 11.6 Å². The summed E-state index contributed by atoms with van der Waals surface area (Å²) < 4.78 is 0. The molecule has 2 N–H and O–H groups in total. The topological polar surface area (TPSA) is 44.4 Å². The van der Waals surface area contributed by atoms with Gasteiger partial charge < -0.3 is 10.6 Å². The van der Waals surface area contributed by atoms with Crippen molar-refractivity contribution in [2.75, 3.05) is 13.1 Å². The van der Waals surface area contributed by atoms with Crippen LogP contribution in [-0.2, 0) is 6.54 Å². The van der Waals surface area contributed by atoms with Crippen LogP contribution in [0.4, 0.5) is 4.79 Å². The maximum Gasteiger partial charge on any atom is 0.315 e. The number of nitrogens with one attached hydrogen (secondary N) is 2. The number of rotatable bonds is 4. The van der Waals surface area contributed by atoms with Gasteiger partial charge in [0.15, 0.2) is 0 Å². The number of amides is 2. The number of carbonyl (C=O) groups excluding carboxylic acids is 1. The molecule has 2 amide bonds. The van der Waals surface area contributed by atoms with Crippen LogP contribution in [0, 0.1) is 0 Å². The first-order valence-electron chi connectivity index (χ1n) is 7.73. The number of piperidine rings is 1. The van der Waals surface area contributed by atoms with Crippen molar-refractivity contribution in [1.82, 2.24) is 15.5 Å². The first-order valence-corrected chi connectivity index (χ1v) is 8.11. The summed E-state index contributed by atoms with van der Waals surface area (Å²) in [5.41, 5.74) is 1.29. The van der Waals surface area contributed by atoms with Crippen LogP contribution in [0.5, 0.6) is 0 Å². The summed E-state index contributed by atoms with van der Waals surface area (Å²) in [7, 11) is 0. The molecule has 0 radical (unpaired) electrons. The van der Waals surface area contributed by atoms with Gasteiger partial charge in [0.25, 0.3) is 0 Å². The van der Waals surface area contributed by atoms with Crippen LogP contribution in [0.1, 0.15) is 31.2 Å². The van der Waals surface area contributed by atoms with Gasteiger partial charge >= 0.3 is 6.03 Å². The van der Waals surface area contributed by atoms with Crippen LogP contribution in [0.25, 0.3) is 0 Å². The van der Waals surface area contributed by atoms with Gasteiger partial charge in [-0.25, -0.2) is 4.79 Å². The molecule has 1 aliphatic heterocycles. The van der Waals surface area contributed by atoms with Crippen LogP contribution < -0.4 is 10.6 Å². The van der Waals surface area contributed by atoms with Crippen LogP contribution in [0.15, 0.2) is 24.3 Å². The van der Waals surface area contributed by atoms with E-state index in [-0.39, 0.29) is 6.03 Å². The fourth-order valence-corrected chi connectivity index (χ4v) is 2.85. The molecule has 1 aromatic carbocycles. The van der Waals surface area contributed by atoms with Gasteiger partial charge in [-0.05, 0) is 43.4 Å². The summed E-state index contributed by atoms with van der Waals surface area (Å²) >= 11 is 5.90. The number of urea groups is 1. The molecule has 0 unspecified atom stereocenters. The number of nitrogens with zero attached hydrogens (tertiary/aromatic N) is 1. The van der Waals surface area contributed by atoms with E-state index in [1.54, 1.807) is 0 Å². The number of benzene rings is 1. The zero-order valence-corrected chi connectivity index (χ0v) is 12.9. The molecule has 2 fully saturated rings. The average molecular weight is 308 g/mol. The van der Waals surface area contributed by atoms with E-state index in [0.29, 0.717) is 12.1 Å². The molecule has 0 aromatic heterocycles. The Balaban J connectivity index is 1.40.